The fraction of sp³-hybridized carbons (Fsp3) is 0.436. The third-order valence-corrected chi connectivity index (χ3v) is 16.2. The zero-order valence-electron chi connectivity index (χ0n) is 30.8. The van der Waals surface area contributed by atoms with Gasteiger partial charge in [0, 0.05) is 5.54 Å². The lowest BCUT2D eigenvalue weighted by Crippen LogP contribution is -2.71. The summed E-state index contributed by atoms with van der Waals surface area (Å²) in [6.45, 7) is 21.7. The van der Waals surface area contributed by atoms with E-state index in [1.54, 1.807) is 42.7 Å². The average molecular weight is 645 g/mol. The van der Waals surface area contributed by atoms with Gasteiger partial charge < -0.3 is 28.4 Å². The fourth-order valence-corrected chi connectivity index (χ4v) is 14.3. The predicted molar refractivity (Wildman–Crippen MR) is 192 cm³/mol. The molecule has 0 amide bonds. The van der Waals surface area contributed by atoms with Gasteiger partial charge in [-0.25, -0.2) is 0 Å². The predicted octanol–water partition coefficient (Wildman–Crippen LogP) is 7.12. The van der Waals surface area contributed by atoms with Crippen molar-refractivity contribution >= 4 is 23.6 Å². The summed E-state index contributed by atoms with van der Waals surface area (Å²) < 4.78 is 37.8. The van der Waals surface area contributed by atoms with Crippen molar-refractivity contribution < 1.29 is 28.4 Å². The van der Waals surface area contributed by atoms with Crippen LogP contribution in [0.15, 0.2) is 40.5 Å². The Bertz CT molecular complexity index is 1580. The molecule has 0 saturated carbocycles. The molecule has 0 atom stereocenters. The molecule has 1 aliphatic rings. The summed E-state index contributed by atoms with van der Waals surface area (Å²) in [5.74, 6) is 4.35. The summed E-state index contributed by atoms with van der Waals surface area (Å²) in [6.07, 6.45) is 0. The van der Waals surface area contributed by atoms with Crippen LogP contribution in [0.3, 0.4) is 0 Å². The van der Waals surface area contributed by atoms with E-state index in [4.69, 9.17) is 28.4 Å². The normalized spacial score (nSPS) is 13.8. The second kappa shape index (κ2) is 13.1. The topological polar surface area (TPSA) is 55.4 Å². The number of hydrogen-bond acceptors (Lipinski definition) is 6. The van der Waals surface area contributed by atoms with Crippen LogP contribution in [-0.4, -0.2) is 50.7 Å². The first kappa shape index (κ1) is 35.0. The van der Waals surface area contributed by atoms with Crippen molar-refractivity contribution in [3.8, 4) is 34.5 Å². The summed E-state index contributed by atoms with van der Waals surface area (Å²) in [6, 6.07) is 6.94. The van der Waals surface area contributed by atoms with Crippen LogP contribution in [-0.2, 0) is 0 Å². The number of aryl methyl sites for hydroxylation is 3. The molecule has 0 spiro atoms. The van der Waals surface area contributed by atoms with Gasteiger partial charge in [0.1, 0.15) is 0 Å². The molecule has 0 saturated heterocycles. The second-order valence-electron chi connectivity index (χ2n) is 12.7. The molecule has 0 bridgehead atoms. The second-order valence-corrected chi connectivity index (χ2v) is 16.5. The summed E-state index contributed by atoms with van der Waals surface area (Å²) in [5.41, 5.74) is 11.7. The van der Waals surface area contributed by atoms with Gasteiger partial charge in [-0.1, -0.05) is 29.3 Å². The van der Waals surface area contributed by atoms with Gasteiger partial charge in [0.05, 0.1) is 42.7 Å². The first-order valence-electron chi connectivity index (χ1n) is 15.8. The molecule has 4 rings (SSSR count). The Hall–Kier alpha value is -3.84. The number of benzene rings is 3. The Morgan fingerprint density at radius 2 is 0.630 bits per heavy atom. The van der Waals surface area contributed by atoms with Crippen LogP contribution in [0.2, 0.25) is 5.54 Å². The zero-order valence-corrected chi connectivity index (χ0v) is 31.8. The van der Waals surface area contributed by atoms with Crippen LogP contribution in [0.25, 0.3) is 0 Å². The van der Waals surface area contributed by atoms with E-state index in [1.807, 2.05) is 0 Å². The molecule has 46 heavy (non-hydrogen) atoms. The first-order chi connectivity index (χ1) is 21.7. The highest BCUT2D eigenvalue weighted by atomic mass is 28.3. The lowest BCUT2D eigenvalue weighted by atomic mass is 10.1. The molecule has 1 aliphatic carbocycles. The number of hydrogen-bond donors (Lipinski definition) is 0. The summed E-state index contributed by atoms with van der Waals surface area (Å²) in [5, 5.41) is 3.23. The highest BCUT2D eigenvalue weighted by Crippen LogP contribution is 2.51. The van der Waals surface area contributed by atoms with Gasteiger partial charge in [0.2, 0.25) is 0 Å². The van der Waals surface area contributed by atoms with Crippen LogP contribution in [0.1, 0.15) is 61.1 Å². The zero-order chi connectivity index (χ0) is 34.4. The van der Waals surface area contributed by atoms with Crippen molar-refractivity contribution in [1.29, 1.82) is 0 Å². The molecule has 3 aromatic carbocycles. The molecule has 0 radical (unpaired) electrons. The Kier molecular flexibility index (Phi) is 9.98. The maximum atomic E-state index is 6.44. The standard InChI is InChI=1S/C39H52O6Si/c1-20-17-30(36(43-14)33(40-11)23(20)4)46(39-28(9)26(7)27(8)29(39)10,31-18-21(2)24(5)34(41-12)37(31)44-15)32-19-22(3)25(6)35(42-13)38(32)45-16/h17-19,39H,1-16H3. The van der Waals surface area contributed by atoms with E-state index in [0.717, 1.165) is 83.4 Å². The highest BCUT2D eigenvalue weighted by molar-refractivity contribution is 7.14. The summed E-state index contributed by atoms with van der Waals surface area (Å²) in [7, 11) is 6.94. The van der Waals surface area contributed by atoms with Gasteiger partial charge in [-0.15, -0.1) is 0 Å². The van der Waals surface area contributed by atoms with Crippen LogP contribution < -0.4 is 44.0 Å². The van der Waals surface area contributed by atoms with E-state index in [9.17, 15) is 0 Å². The lowest BCUT2D eigenvalue weighted by molar-refractivity contribution is 0.353. The van der Waals surface area contributed by atoms with Gasteiger partial charge in [0.25, 0.3) is 0 Å². The van der Waals surface area contributed by atoms with E-state index in [-0.39, 0.29) is 5.54 Å². The van der Waals surface area contributed by atoms with Crippen LogP contribution >= 0.6 is 0 Å². The Morgan fingerprint density at radius 3 is 0.848 bits per heavy atom. The number of ether oxygens (including phenoxy) is 6. The quantitative estimate of drug-likeness (QED) is 0.173. The highest BCUT2D eigenvalue weighted by Gasteiger charge is 2.56. The molecule has 248 valence electrons. The SMILES string of the molecule is COc1c([Si](c2cc(C)c(C)c(OC)c2OC)(c2cc(C)c(C)c(OC)c2OC)C2C(C)=C(C)C(C)=C2C)cc(C)c(C)c1OC. The minimum Gasteiger partial charge on any atom is -0.493 e. The molecular weight excluding hydrogens is 593 g/mol. The third kappa shape index (κ3) is 4.89. The first-order valence-corrected chi connectivity index (χ1v) is 17.8. The Morgan fingerprint density at radius 1 is 0.391 bits per heavy atom. The van der Waals surface area contributed by atoms with Crippen molar-refractivity contribution in [2.75, 3.05) is 42.7 Å². The third-order valence-electron chi connectivity index (χ3n) is 10.8. The number of allylic oxidation sites excluding steroid dienone is 4. The fourth-order valence-electron chi connectivity index (χ4n) is 7.71. The maximum Gasteiger partial charge on any atom is 0.173 e. The van der Waals surface area contributed by atoms with Gasteiger partial charge in [-0.3, -0.25) is 0 Å². The molecule has 0 N–H and O–H groups in total. The van der Waals surface area contributed by atoms with E-state index >= 15 is 0 Å². The molecule has 7 heteroatoms. The largest absolute Gasteiger partial charge is 0.493 e. The molecular formula is C39H52O6Si. The molecule has 6 nitrogen and oxygen atoms in total. The van der Waals surface area contributed by atoms with Gasteiger partial charge in [0.15, 0.2) is 42.6 Å². The van der Waals surface area contributed by atoms with E-state index in [1.165, 1.54) is 22.3 Å². The van der Waals surface area contributed by atoms with Crippen molar-refractivity contribution in [3.05, 3.63) is 73.9 Å². The van der Waals surface area contributed by atoms with E-state index in [0.29, 0.717) is 0 Å². The Balaban J connectivity index is 2.56. The molecule has 0 aromatic heterocycles. The van der Waals surface area contributed by atoms with Gasteiger partial charge in [-0.05, 0) is 129 Å². The smallest absolute Gasteiger partial charge is 0.173 e. The molecule has 0 heterocycles. The van der Waals surface area contributed by atoms with Gasteiger partial charge >= 0.3 is 0 Å². The molecule has 0 aliphatic heterocycles. The molecule has 3 aromatic rings. The van der Waals surface area contributed by atoms with E-state index in [2.05, 4.69) is 87.4 Å². The van der Waals surface area contributed by atoms with Crippen LogP contribution in [0.5, 0.6) is 34.5 Å². The molecule has 0 fully saturated rings. The van der Waals surface area contributed by atoms with Crippen molar-refractivity contribution in [1.82, 2.24) is 0 Å². The summed E-state index contributed by atoms with van der Waals surface area (Å²) >= 11 is 0. The number of rotatable bonds is 10. The minimum absolute atomic E-state index is 0.0189. The average Bonchev–Trinajstić information content (AvgIpc) is 3.23. The van der Waals surface area contributed by atoms with Gasteiger partial charge in [-0.2, -0.15) is 0 Å². The van der Waals surface area contributed by atoms with Crippen molar-refractivity contribution in [2.24, 2.45) is 0 Å². The van der Waals surface area contributed by atoms with E-state index < -0.39 is 8.07 Å². The number of methoxy groups -OCH3 is 6. The van der Waals surface area contributed by atoms with Crippen LogP contribution in [0.4, 0.5) is 0 Å². The van der Waals surface area contributed by atoms with Crippen molar-refractivity contribution in [3.63, 3.8) is 0 Å². The Labute approximate surface area is 277 Å². The van der Waals surface area contributed by atoms with Crippen LogP contribution in [0, 0.1) is 41.5 Å². The lowest BCUT2D eigenvalue weighted by Gasteiger charge is -2.44. The monoisotopic (exact) mass is 644 g/mol. The van der Waals surface area contributed by atoms with Crippen molar-refractivity contribution in [2.45, 2.75) is 74.8 Å². The summed E-state index contributed by atoms with van der Waals surface area (Å²) in [4.78, 5) is 0. The maximum absolute atomic E-state index is 6.44. The minimum atomic E-state index is -3.43. The molecule has 0 unspecified atom stereocenters.